The summed E-state index contributed by atoms with van der Waals surface area (Å²) in [5.74, 6) is 1.80. The lowest BCUT2D eigenvalue weighted by Gasteiger charge is -2.27. The van der Waals surface area contributed by atoms with Gasteiger partial charge in [0.1, 0.15) is 0 Å². The molecule has 2 atom stereocenters. The highest BCUT2D eigenvalue weighted by Crippen LogP contribution is 2.29. The summed E-state index contributed by atoms with van der Waals surface area (Å²) < 4.78 is 0. The van der Waals surface area contributed by atoms with Crippen LogP contribution in [0, 0.1) is 17.3 Å². The standard InChI is InChI=1S/C16H34/c1-7-14(2)12-10-8-9-11-13-15(3)16(4,5)6/h14-15H,7-13H2,1-6H3. The second-order valence-corrected chi connectivity index (χ2v) is 6.77. The van der Waals surface area contributed by atoms with Gasteiger partial charge in [-0.3, -0.25) is 0 Å². The molecule has 0 heteroatoms. The fourth-order valence-electron chi connectivity index (χ4n) is 1.93. The lowest BCUT2D eigenvalue weighted by Crippen LogP contribution is -2.16. The molecule has 0 aromatic rings. The average molecular weight is 226 g/mol. The summed E-state index contributed by atoms with van der Waals surface area (Å²) in [5.41, 5.74) is 0.497. The Balaban J connectivity index is 3.34. The van der Waals surface area contributed by atoms with Crippen molar-refractivity contribution in [3.05, 3.63) is 0 Å². The summed E-state index contributed by atoms with van der Waals surface area (Å²) in [7, 11) is 0. The molecule has 2 unspecified atom stereocenters. The lowest BCUT2D eigenvalue weighted by atomic mass is 9.79. The first-order chi connectivity index (χ1) is 7.38. The van der Waals surface area contributed by atoms with Crippen molar-refractivity contribution in [2.45, 2.75) is 86.5 Å². The van der Waals surface area contributed by atoms with Crippen LogP contribution in [0.1, 0.15) is 86.5 Å². The zero-order valence-corrected chi connectivity index (χ0v) is 12.6. The van der Waals surface area contributed by atoms with E-state index in [2.05, 4.69) is 41.5 Å². The molecule has 0 nitrogen and oxygen atoms in total. The van der Waals surface area contributed by atoms with Gasteiger partial charge in [0.25, 0.3) is 0 Å². The Labute approximate surface area is 104 Å². The fraction of sp³-hybridized carbons (Fsp3) is 1.00. The first kappa shape index (κ1) is 16.0. The highest BCUT2D eigenvalue weighted by atomic mass is 14.2. The van der Waals surface area contributed by atoms with E-state index in [1.54, 1.807) is 0 Å². The van der Waals surface area contributed by atoms with Crippen molar-refractivity contribution in [3.8, 4) is 0 Å². The molecule has 0 spiro atoms. The summed E-state index contributed by atoms with van der Waals surface area (Å²) in [6.07, 6.45) is 9.95. The van der Waals surface area contributed by atoms with Crippen LogP contribution >= 0.6 is 0 Å². The molecule has 0 aliphatic rings. The maximum Gasteiger partial charge on any atom is -0.0357 e. The van der Waals surface area contributed by atoms with Gasteiger partial charge < -0.3 is 0 Å². The Hall–Kier alpha value is 0. The molecule has 0 bridgehead atoms. The summed E-state index contributed by atoms with van der Waals surface area (Å²) in [6, 6.07) is 0. The normalized spacial score (nSPS) is 16.1. The van der Waals surface area contributed by atoms with E-state index in [-0.39, 0.29) is 0 Å². The molecule has 0 radical (unpaired) electrons. The van der Waals surface area contributed by atoms with E-state index < -0.39 is 0 Å². The molecule has 0 N–H and O–H groups in total. The van der Waals surface area contributed by atoms with Gasteiger partial charge in [0.15, 0.2) is 0 Å². The summed E-state index contributed by atoms with van der Waals surface area (Å²) in [5, 5.41) is 0. The molecule has 0 heterocycles. The van der Waals surface area contributed by atoms with E-state index in [1.165, 1.54) is 44.9 Å². The van der Waals surface area contributed by atoms with Crippen LogP contribution in [0.15, 0.2) is 0 Å². The van der Waals surface area contributed by atoms with Crippen molar-refractivity contribution in [1.29, 1.82) is 0 Å². The van der Waals surface area contributed by atoms with Gasteiger partial charge in [0.05, 0.1) is 0 Å². The van der Waals surface area contributed by atoms with Crippen molar-refractivity contribution >= 4 is 0 Å². The van der Waals surface area contributed by atoms with Gasteiger partial charge in [-0.25, -0.2) is 0 Å². The average Bonchev–Trinajstić information content (AvgIpc) is 2.20. The molecule has 0 aliphatic heterocycles. The molecule has 0 aromatic carbocycles. The van der Waals surface area contributed by atoms with E-state index in [9.17, 15) is 0 Å². The van der Waals surface area contributed by atoms with Gasteiger partial charge >= 0.3 is 0 Å². The molecule has 0 aliphatic carbocycles. The summed E-state index contributed by atoms with van der Waals surface area (Å²) >= 11 is 0. The van der Waals surface area contributed by atoms with Crippen molar-refractivity contribution in [1.82, 2.24) is 0 Å². The Morgan fingerprint density at radius 2 is 1.31 bits per heavy atom. The number of hydrogen-bond donors (Lipinski definition) is 0. The van der Waals surface area contributed by atoms with Crippen LogP contribution in [0.4, 0.5) is 0 Å². The van der Waals surface area contributed by atoms with Crippen molar-refractivity contribution in [2.75, 3.05) is 0 Å². The Bertz CT molecular complexity index is 152. The molecule has 0 amide bonds. The second kappa shape index (κ2) is 8.14. The third-order valence-electron chi connectivity index (χ3n) is 4.26. The number of unbranched alkanes of at least 4 members (excludes halogenated alkanes) is 3. The highest BCUT2D eigenvalue weighted by Gasteiger charge is 2.18. The monoisotopic (exact) mass is 226 g/mol. The van der Waals surface area contributed by atoms with Crippen LogP contribution in [0.3, 0.4) is 0 Å². The summed E-state index contributed by atoms with van der Waals surface area (Å²) in [4.78, 5) is 0. The van der Waals surface area contributed by atoms with E-state index in [0.717, 1.165) is 11.8 Å². The number of hydrogen-bond acceptors (Lipinski definition) is 0. The zero-order chi connectivity index (χ0) is 12.6. The predicted molar refractivity (Wildman–Crippen MR) is 75.8 cm³/mol. The van der Waals surface area contributed by atoms with Crippen LogP contribution in [-0.2, 0) is 0 Å². The fourth-order valence-corrected chi connectivity index (χ4v) is 1.93. The molecule has 16 heavy (non-hydrogen) atoms. The molecular weight excluding hydrogens is 192 g/mol. The smallest absolute Gasteiger partial charge is 0.0357 e. The van der Waals surface area contributed by atoms with Crippen LogP contribution in [0.25, 0.3) is 0 Å². The first-order valence-corrected chi connectivity index (χ1v) is 7.38. The first-order valence-electron chi connectivity index (χ1n) is 7.38. The van der Waals surface area contributed by atoms with Crippen molar-refractivity contribution in [3.63, 3.8) is 0 Å². The van der Waals surface area contributed by atoms with Crippen molar-refractivity contribution < 1.29 is 0 Å². The molecule has 0 rings (SSSR count). The number of rotatable bonds is 8. The minimum absolute atomic E-state index is 0.497. The molecule has 0 aromatic heterocycles. The Kier molecular flexibility index (Phi) is 8.14. The molecule has 98 valence electrons. The van der Waals surface area contributed by atoms with E-state index >= 15 is 0 Å². The largest absolute Gasteiger partial charge is 0.0651 e. The van der Waals surface area contributed by atoms with Crippen molar-refractivity contribution in [2.24, 2.45) is 17.3 Å². The zero-order valence-electron chi connectivity index (χ0n) is 12.6. The lowest BCUT2D eigenvalue weighted by molar-refractivity contribution is 0.240. The molecule has 0 fully saturated rings. The third kappa shape index (κ3) is 8.19. The maximum absolute atomic E-state index is 2.40. The van der Waals surface area contributed by atoms with E-state index in [1.807, 2.05) is 0 Å². The quantitative estimate of drug-likeness (QED) is 0.442. The van der Waals surface area contributed by atoms with Gasteiger partial charge in [-0.2, -0.15) is 0 Å². The highest BCUT2D eigenvalue weighted by molar-refractivity contribution is 4.69. The van der Waals surface area contributed by atoms with Gasteiger partial charge in [-0.15, -0.1) is 0 Å². The second-order valence-electron chi connectivity index (χ2n) is 6.77. The SMILES string of the molecule is CCC(C)CCCCCCC(C)C(C)(C)C. The minimum atomic E-state index is 0.497. The predicted octanol–water partition coefficient (Wildman–Crippen LogP) is 6.06. The van der Waals surface area contributed by atoms with E-state index in [4.69, 9.17) is 0 Å². The summed E-state index contributed by atoms with van der Waals surface area (Å²) in [6.45, 7) is 14.2. The van der Waals surface area contributed by atoms with Gasteiger partial charge in [-0.05, 0) is 17.3 Å². The van der Waals surface area contributed by atoms with Crippen LogP contribution < -0.4 is 0 Å². The Morgan fingerprint density at radius 3 is 1.75 bits per heavy atom. The van der Waals surface area contributed by atoms with Crippen LogP contribution in [0.5, 0.6) is 0 Å². The van der Waals surface area contributed by atoms with Crippen LogP contribution in [-0.4, -0.2) is 0 Å². The topological polar surface area (TPSA) is 0 Å². The minimum Gasteiger partial charge on any atom is -0.0651 e. The third-order valence-corrected chi connectivity index (χ3v) is 4.26. The Morgan fingerprint density at radius 1 is 0.812 bits per heavy atom. The molecule has 0 saturated heterocycles. The van der Waals surface area contributed by atoms with Gasteiger partial charge in [-0.1, -0.05) is 86.5 Å². The van der Waals surface area contributed by atoms with E-state index in [0.29, 0.717) is 5.41 Å². The maximum atomic E-state index is 2.40. The molecular formula is C16H34. The van der Waals surface area contributed by atoms with Crippen LogP contribution in [0.2, 0.25) is 0 Å². The molecule has 0 saturated carbocycles. The van der Waals surface area contributed by atoms with Gasteiger partial charge in [0.2, 0.25) is 0 Å². The van der Waals surface area contributed by atoms with Gasteiger partial charge in [0, 0.05) is 0 Å².